The third-order valence-corrected chi connectivity index (χ3v) is 4.88. The van der Waals surface area contributed by atoms with E-state index in [1.165, 1.54) is 0 Å². The largest absolute Gasteiger partial charge is 0.381 e. The summed E-state index contributed by atoms with van der Waals surface area (Å²) in [6.07, 6.45) is 4.37. The number of ether oxygens (including phenoxy) is 1. The summed E-state index contributed by atoms with van der Waals surface area (Å²) in [6.45, 7) is 5.32. The maximum Gasteiger partial charge on any atom is 0.251 e. The van der Waals surface area contributed by atoms with Gasteiger partial charge in [-0.2, -0.15) is 5.10 Å². The first kappa shape index (κ1) is 17.6. The average molecular weight is 365 g/mol. The molecule has 1 N–H and O–H groups in total. The number of nitrogens with zero attached hydrogens (tertiary/aromatic N) is 4. The number of benzene rings is 1. The summed E-state index contributed by atoms with van der Waals surface area (Å²) in [7, 11) is 0. The van der Waals surface area contributed by atoms with Gasteiger partial charge in [-0.3, -0.25) is 4.79 Å². The smallest absolute Gasteiger partial charge is 0.251 e. The predicted molar refractivity (Wildman–Crippen MR) is 103 cm³/mol. The van der Waals surface area contributed by atoms with E-state index >= 15 is 0 Å². The second-order valence-electron chi connectivity index (χ2n) is 6.71. The molecule has 3 aromatic rings. The molecule has 1 amide bonds. The van der Waals surface area contributed by atoms with Crippen molar-refractivity contribution in [3.8, 4) is 11.3 Å². The van der Waals surface area contributed by atoms with Crippen LogP contribution >= 0.6 is 0 Å². The molecule has 0 spiro atoms. The number of aryl methyl sites for hydroxylation is 2. The van der Waals surface area contributed by atoms with Crippen LogP contribution in [0, 0.1) is 5.92 Å². The quantitative estimate of drug-likeness (QED) is 0.752. The summed E-state index contributed by atoms with van der Waals surface area (Å²) in [5.41, 5.74) is 4.55. The van der Waals surface area contributed by atoms with Crippen LogP contribution in [-0.2, 0) is 22.4 Å². The molecular weight excluding hydrogens is 342 g/mol. The molecule has 0 saturated carbocycles. The first-order valence-corrected chi connectivity index (χ1v) is 9.42. The Morgan fingerprint density at radius 1 is 1.19 bits per heavy atom. The first-order valence-electron chi connectivity index (χ1n) is 9.42. The third-order valence-electron chi connectivity index (χ3n) is 4.88. The lowest BCUT2D eigenvalue weighted by atomic mass is 10.1. The van der Waals surface area contributed by atoms with E-state index in [2.05, 4.69) is 34.2 Å². The van der Waals surface area contributed by atoms with Gasteiger partial charge in [0.05, 0.1) is 35.8 Å². The second kappa shape index (κ2) is 7.44. The van der Waals surface area contributed by atoms with Crippen molar-refractivity contribution in [2.45, 2.75) is 33.1 Å². The molecule has 140 valence electrons. The first-order chi connectivity index (χ1) is 13.2. The van der Waals surface area contributed by atoms with Crippen LogP contribution in [0.1, 0.15) is 31.7 Å². The fraction of sp³-hybridized carbons (Fsp3) is 0.400. The van der Waals surface area contributed by atoms with Crippen LogP contribution < -0.4 is 5.32 Å². The summed E-state index contributed by atoms with van der Waals surface area (Å²) in [6, 6.07) is 7.68. The standard InChI is InChI=1S/C20H23N5O2/c1-3-16-17(4-2)24-25-11-18(23-20(25)22-16)13-5-7-15(8-6-13)21-19(26)14-9-10-27-12-14/h5-8,11,14H,3-4,9-10,12H2,1-2H3,(H,21,26)/t14-/m1/s1. The lowest BCUT2D eigenvalue weighted by Gasteiger charge is -2.09. The van der Waals surface area contributed by atoms with Gasteiger partial charge in [-0.05, 0) is 31.4 Å². The van der Waals surface area contributed by atoms with Gasteiger partial charge >= 0.3 is 0 Å². The summed E-state index contributed by atoms with van der Waals surface area (Å²) in [5.74, 6) is 0.569. The fourth-order valence-corrected chi connectivity index (χ4v) is 3.29. The fourth-order valence-electron chi connectivity index (χ4n) is 3.29. The molecule has 27 heavy (non-hydrogen) atoms. The SMILES string of the molecule is CCc1nc2nc(-c3ccc(NC(=O)[C@@H]4CCOC4)cc3)cn2nc1CC. The van der Waals surface area contributed by atoms with Crippen molar-refractivity contribution in [1.82, 2.24) is 19.6 Å². The van der Waals surface area contributed by atoms with E-state index in [-0.39, 0.29) is 11.8 Å². The molecule has 0 radical (unpaired) electrons. The molecule has 0 aliphatic carbocycles. The molecule has 1 aliphatic rings. The normalized spacial score (nSPS) is 16.7. The Bertz CT molecular complexity index is 917. The van der Waals surface area contributed by atoms with E-state index in [9.17, 15) is 4.79 Å². The van der Waals surface area contributed by atoms with Crippen molar-refractivity contribution in [2.24, 2.45) is 5.92 Å². The zero-order chi connectivity index (χ0) is 18.8. The van der Waals surface area contributed by atoms with Gasteiger partial charge in [0.1, 0.15) is 0 Å². The molecular formula is C20H23N5O2. The number of aromatic nitrogens is 4. The van der Waals surface area contributed by atoms with Gasteiger partial charge in [0.25, 0.3) is 5.78 Å². The van der Waals surface area contributed by atoms with Crippen LogP contribution in [0.3, 0.4) is 0 Å². The summed E-state index contributed by atoms with van der Waals surface area (Å²) in [4.78, 5) is 21.4. The van der Waals surface area contributed by atoms with Gasteiger partial charge < -0.3 is 10.1 Å². The van der Waals surface area contributed by atoms with E-state index in [1.54, 1.807) is 4.52 Å². The summed E-state index contributed by atoms with van der Waals surface area (Å²) in [5, 5.41) is 7.58. The Hall–Kier alpha value is -2.80. The molecule has 1 saturated heterocycles. The summed E-state index contributed by atoms with van der Waals surface area (Å²) < 4.78 is 7.01. The van der Waals surface area contributed by atoms with Gasteiger partial charge in [-0.1, -0.05) is 26.0 Å². The highest BCUT2D eigenvalue weighted by molar-refractivity contribution is 5.93. The van der Waals surface area contributed by atoms with E-state index in [0.717, 1.165) is 47.6 Å². The van der Waals surface area contributed by atoms with Gasteiger partial charge in [0.2, 0.25) is 5.91 Å². The number of amides is 1. The molecule has 1 aliphatic heterocycles. The number of rotatable bonds is 5. The highest BCUT2D eigenvalue weighted by Gasteiger charge is 2.23. The zero-order valence-electron chi connectivity index (χ0n) is 15.6. The van der Waals surface area contributed by atoms with E-state index in [4.69, 9.17) is 4.74 Å². The van der Waals surface area contributed by atoms with E-state index < -0.39 is 0 Å². The highest BCUT2D eigenvalue weighted by Crippen LogP contribution is 2.22. The molecule has 7 heteroatoms. The van der Waals surface area contributed by atoms with Crippen LogP contribution in [0.15, 0.2) is 30.5 Å². The minimum Gasteiger partial charge on any atom is -0.381 e. The van der Waals surface area contributed by atoms with Crippen LogP contribution in [0.25, 0.3) is 17.0 Å². The Kier molecular flexibility index (Phi) is 4.85. The lowest BCUT2D eigenvalue weighted by molar-refractivity contribution is -0.119. The Balaban J connectivity index is 1.55. The number of carbonyl (C=O) groups is 1. The number of anilines is 1. The highest BCUT2D eigenvalue weighted by atomic mass is 16.5. The summed E-state index contributed by atoms with van der Waals surface area (Å²) >= 11 is 0. The minimum absolute atomic E-state index is 0.0144. The lowest BCUT2D eigenvalue weighted by Crippen LogP contribution is -2.22. The van der Waals surface area contributed by atoms with Crippen molar-refractivity contribution >= 4 is 17.4 Å². The number of hydrogen-bond donors (Lipinski definition) is 1. The number of hydrogen-bond acceptors (Lipinski definition) is 5. The van der Waals surface area contributed by atoms with Crippen molar-refractivity contribution in [3.63, 3.8) is 0 Å². The Morgan fingerprint density at radius 2 is 1.96 bits per heavy atom. The van der Waals surface area contributed by atoms with E-state index in [1.807, 2.05) is 30.5 Å². The predicted octanol–water partition coefficient (Wildman–Crippen LogP) is 2.89. The maximum atomic E-state index is 12.2. The monoisotopic (exact) mass is 365 g/mol. The molecule has 0 unspecified atom stereocenters. The van der Waals surface area contributed by atoms with Crippen LogP contribution in [0.4, 0.5) is 5.69 Å². The number of fused-ring (bicyclic) bond motifs is 1. The topological polar surface area (TPSA) is 81.4 Å². The molecule has 1 atom stereocenters. The molecule has 0 bridgehead atoms. The van der Waals surface area contributed by atoms with Gasteiger partial charge in [-0.25, -0.2) is 14.5 Å². The third kappa shape index (κ3) is 3.55. The molecule has 3 heterocycles. The number of carbonyl (C=O) groups excluding carboxylic acids is 1. The zero-order valence-corrected chi connectivity index (χ0v) is 15.6. The number of imidazole rings is 1. The molecule has 1 aromatic carbocycles. The van der Waals surface area contributed by atoms with Crippen LogP contribution in [-0.4, -0.2) is 38.7 Å². The Morgan fingerprint density at radius 3 is 2.63 bits per heavy atom. The molecule has 1 fully saturated rings. The van der Waals surface area contributed by atoms with Crippen LogP contribution in [0.2, 0.25) is 0 Å². The van der Waals surface area contributed by atoms with Crippen molar-refractivity contribution < 1.29 is 9.53 Å². The van der Waals surface area contributed by atoms with Gasteiger partial charge in [0.15, 0.2) is 0 Å². The van der Waals surface area contributed by atoms with Gasteiger partial charge in [0, 0.05) is 17.9 Å². The molecule has 4 rings (SSSR count). The second-order valence-corrected chi connectivity index (χ2v) is 6.71. The maximum absolute atomic E-state index is 12.2. The number of nitrogens with one attached hydrogen (secondary N) is 1. The van der Waals surface area contributed by atoms with Crippen molar-refractivity contribution in [3.05, 3.63) is 41.9 Å². The van der Waals surface area contributed by atoms with Crippen molar-refractivity contribution in [2.75, 3.05) is 18.5 Å². The van der Waals surface area contributed by atoms with Crippen molar-refractivity contribution in [1.29, 1.82) is 0 Å². The van der Waals surface area contributed by atoms with Gasteiger partial charge in [-0.15, -0.1) is 0 Å². The average Bonchev–Trinajstić information content (AvgIpc) is 3.37. The minimum atomic E-state index is -0.0548. The Labute approximate surface area is 157 Å². The molecule has 7 nitrogen and oxygen atoms in total. The molecule has 2 aromatic heterocycles. The van der Waals surface area contributed by atoms with Crippen LogP contribution in [0.5, 0.6) is 0 Å². The van der Waals surface area contributed by atoms with E-state index in [0.29, 0.717) is 19.0 Å².